The first kappa shape index (κ1) is 11.4. The van der Waals surface area contributed by atoms with Gasteiger partial charge in [0.15, 0.2) is 10.2 Å². The van der Waals surface area contributed by atoms with Gasteiger partial charge in [-0.2, -0.15) is 0 Å². The van der Waals surface area contributed by atoms with Crippen LogP contribution in [-0.4, -0.2) is 17.1 Å². The predicted octanol–water partition coefficient (Wildman–Crippen LogP) is 2.36. The molecule has 0 saturated heterocycles. The van der Waals surface area contributed by atoms with Gasteiger partial charge in [0.2, 0.25) is 0 Å². The Balaban J connectivity index is 2.74. The lowest BCUT2D eigenvalue weighted by molar-refractivity contribution is 0.573. The highest BCUT2D eigenvalue weighted by atomic mass is 32.1. The number of rotatable bonds is 1. The molecule has 0 amide bonds. The first-order valence-electron chi connectivity index (χ1n) is 4.38. The van der Waals surface area contributed by atoms with Crippen LogP contribution in [-0.2, 0) is 5.41 Å². The highest BCUT2D eigenvalue weighted by Crippen LogP contribution is 2.26. The van der Waals surface area contributed by atoms with Crippen molar-refractivity contribution < 1.29 is 0 Å². The quantitative estimate of drug-likeness (QED) is 0.725. The molecule has 1 rings (SSSR count). The van der Waals surface area contributed by atoms with Crippen LogP contribution in [0.1, 0.15) is 26.5 Å². The smallest absolute Gasteiger partial charge is 0.189 e. The zero-order valence-electron chi connectivity index (χ0n) is 8.84. The molecule has 78 valence electrons. The fourth-order valence-electron chi connectivity index (χ4n) is 0.835. The van der Waals surface area contributed by atoms with Gasteiger partial charge in [0.25, 0.3) is 0 Å². The fourth-order valence-corrected chi connectivity index (χ4v) is 1.94. The lowest BCUT2D eigenvalue weighted by Gasteiger charge is -2.14. The van der Waals surface area contributed by atoms with E-state index in [0.717, 1.165) is 10.8 Å². The highest BCUT2D eigenvalue weighted by Gasteiger charge is 2.17. The molecule has 0 saturated carbocycles. The molecule has 3 nitrogen and oxygen atoms in total. The van der Waals surface area contributed by atoms with E-state index in [0.29, 0.717) is 5.11 Å². The first-order chi connectivity index (χ1) is 6.43. The van der Waals surface area contributed by atoms with Crippen LogP contribution in [0, 0.1) is 0 Å². The maximum absolute atomic E-state index is 4.98. The second-order valence-electron chi connectivity index (χ2n) is 3.99. The molecule has 0 radical (unpaired) electrons. The molecule has 0 aliphatic carbocycles. The van der Waals surface area contributed by atoms with Crippen molar-refractivity contribution in [3.05, 3.63) is 11.1 Å². The number of aromatic nitrogens is 1. The molecule has 0 fully saturated rings. The van der Waals surface area contributed by atoms with Crippen molar-refractivity contribution in [3.63, 3.8) is 0 Å². The van der Waals surface area contributed by atoms with E-state index >= 15 is 0 Å². The van der Waals surface area contributed by atoms with Crippen LogP contribution >= 0.6 is 23.6 Å². The van der Waals surface area contributed by atoms with Crippen molar-refractivity contribution in [3.8, 4) is 0 Å². The largest absolute Gasteiger partial charge is 0.365 e. The van der Waals surface area contributed by atoms with Crippen LogP contribution < -0.4 is 10.6 Å². The van der Waals surface area contributed by atoms with E-state index in [1.165, 1.54) is 0 Å². The predicted molar refractivity (Wildman–Crippen MR) is 66.1 cm³/mol. The van der Waals surface area contributed by atoms with Crippen molar-refractivity contribution in [1.29, 1.82) is 0 Å². The van der Waals surface area contributed by atoms with Gasteiger partial charge in [0.05, 0.1) is 5.69 Å². The van der Waals surface area contributed by atoms with Crippen LogP contribution in [0.15, 0.2) is 5.38 Å². The molecule has 1 aromatic rings. The molecule has 0 aliphatic heterocycles. The van der Waals surface area contributed by atoms with Gasteiger partial charge in [-0.25, -0.2) is 4.98 Å². The molecule has 1 heterocycles. The topological polar surface area (TPSA) is 37.0 Å². The second-order valence-corrected chi connectivity index (χ2v) is 5.26. The summed E-state index contributed by atoms with van der Waals surface area (Å²) < 4.78 is 0. The van der Waals surface area contributed by atoms with Crippen LogP contribution in [0.3, 0.4) is 0 Å². The van der Waals surface area contributed by atoms with Crippen LogP contribution in [0.5, 0.6) is 0 Å². The molecule has 2 N–H and O–H groups in total. The SMILES string of the molecule is CNC(=S)Nc1nc(C(C)(C)C)cs1. The number of hydrogen-bond donors (Lipinski definition) is 2. The van der Waals surface area contributed by atoms with E-state index in [2.05, 4.69) is 41.8 Å². The number of nitrogens with zero attached hydrogens (tertiary/aromatic N) is 1. The summed E-state index contributed by atoms with van der Waals surface area (Å²) in [6.07, 6.45) is 0. The van der Waals surface area contributed by atoms with Gasteiger partial charge in [-0.3, -0.25) is 0 Å². The number of thiazole rings is 1. The summed E-state index contributed by atoms with van der Waals surface area (Å²) in [5, 5.41) is 9.36. The van der Waals surface area contributed by atoms with E-state index in [9.17, 15) is 0 Å². The van der Waals surface area contributed by atoms with Crippen LogP contribution in [0.25, 0.3) is 0 Å². The Hall–Kier alpha value is -0.680. The maximum Gasteiger partial charge on any atom is 0.189 e. The number of nitrogens with one attached hydrogen (secondary N) is 2. The van der Waals surface area contributed by atoms with Crippen molar-refractivity contribution >= 4 is 33.8 Å². The number of anilines is 1. The average Bonchev–Trinajstić information content (AvgIpc) is 2.51. The molecule has 0 bridgehead atoms. The zero-order chi connectivity index (χ0) is 10.8. The van der Waals surface area contributed by atoms with E-state index in [4.69, 9.17) is 12.2 Å². The molecule has 0 atom stereocenters. The fraction of sp³-hybridized carbons (Fsp3) is 0.556. The molecule has 0 aromatic carbocycles. The standard InChI is InChI=1S/C9H15N3S2/c1-9(2,3)6-5-14-8(11-6)12-7(13)10-4/h5H,1-4H3,(H2,10,11,12,13). The molecular formula is C9H15N3S2. The van der Waals surface area contributed by atoms with Gasteiger partial charge >= 0.3 is 0 Å². The van der Waals surface area contributed by atoms with E-state index < -0.39 is 0 Å². The van der Waals surface area contributed by atoms with E-state index in [1.807, 2.05) is 0 Å². The van der Waals surface area contributed by atoms with Gasteiger partial charge in [-0.1, -0.05) is 20.8 Å². The summed E-state index contributed by atoms with van der Waals surface area (Å²) in [5.41, 5.74) is 1.18. The van der Waals surface area contributed by atoms with E-state index in [1.54, 1.807) is 18.4 Å². The van der Waals surface area contributed by atoms with E-state index in [-0.39, 0.29) is 5.41 Å². The Bertz CT molecular complexity index is 325. The Labute approximate surface area is 93.9 Å². The summed E-state index contributed by atoms with van der Waals surface area (Å²) in [6.45, 7) is 6.42. The van der Waals surface area contributed by atoms with Gasteiger partial charge < -0.3 is 10.6 Å². The molecule has 5 heteroatoms. The van der Waals surface area contributed by atoms with Gasteiger partial charge in [-0.15, -0.1) is 11.3 Å². The third-order valence-corrected chi connectivity index (χ3v) is 2.78. The highest BCUT2D eigenvalue weighted by molar-refractivity contribution is 7.80. The Morgan fingerprint density at radius 1 is 1.50 bits per heavy atom. The monoisotopic (exact) mass is 229 g/mol. The molecular weight excluding hydrogens is 214 g/mol. The third-order valence-electron chi connectivity index (χ3n) is 1.72. The molecule has 14 heavy (non-hydrogen) atoms. The minimum Gasteiger partial charge on any atom is -0.365 e. The lowest BCUT2D eigenvalue weighted by atomic mass is 9.93. The van der Waals surface area contributed by atoms with Gasteiger partial charge in [-0.05, 0) is 12.2 Å². The molecule has 0 spiro atoms. The van der Waals surface area contributed by atoms with Crippen molar-refractivity contribution in [2.24, 2.45) is 0 Å². The summed E-state index contributed by atoms with van der Waals surface area (Å²) in [4.78, 5) is 4.45. The minimum absolute atomic E-state index is 0.0949. The Kier molecular flexibility index (Phi) is 3.44. The summed E-state index contributed by atoms with van der Waals surface area (Å²) in [6, 6.07) is 0. The summed E-state index contributed by atoms with van der Waals surface area (Å²) in [7, 11) is 1.79. The van der Waals surface area contributed by atoms with Gasteiger partial charge in [0, 0.05) is 17.8 Å². The zero-order valence-corrected chi connectivity index (χ0v) is 10.5. The van der Waals surface area contributed by atoms with Crippen LogP contribution in [0.4, 0.5) is 5.13 Å². The molecule has 0 aliphatic rings. The lowest BCUT2D eigenvalue weighted by Crippen LogP contribution is -2.24. The molecule has 0 unspecified atom stereocenters. The second kappa shape index (κ2) is 4.23. The van der Waals surface area contributed by atoms with Crippen molar-refractivity contribution in [2.45, 2.75) is 26.2 Å². The Morgan fingerprint density at radius 2 is 2.14 bits per heavy atom. The average molecular weight is 229 g/mol. The van der Waals surface area contributed by atoms with Crippen molar-refractivity contribution in [1.82, 2.24) is 10.3 Å². The summed E-state index contributed by atoms with van der Waals surface area (Å²) in [5.74, 6) is 0. The maximum atomic E-state index is 4.98. The van der Waals surface area contributed by atoms with Crippen LogP contribution in [0.2, 0.25) is 0 Å². The Morgan fingerprint density at radius 3 is 2.57 bits per heavy atom. The third kappa shape index (κ3) is 2.92. The minimum atomic E-state index is 0.0949. The number of thiocarbonyl (C=S) groups is 1. The number of hydrogen-bond acceptors (Lipinski definition) is 3. The van der Waals surface area contributed by atoms with Crippen molar-refractivity contribution in [2.75, 3.05) is 12.4 Å². The molecule has 1 aromatic heterocycles. The summed E-state index contributed by atoms with van der Waals surface area (Å²) >= 11 is 6.55. The van der Waals surface area contributed by atoms with Gasteiger partial charge in [0.1, 0.15) is 0 Å². The first-order valence-corrected chi connectivity index (χ1v) is 5.67. The normalized spacial score (nSPS) is 11.1.